The maximum absolute atomic E-state index is 10.7. The molecule has 1 saturated heterocycles. The standard InChI is InChI=1S/C19H18N2O2S/c22-12-14-7-9-16(10-8-14)23-13-15-4-3-11-21(15)19-20-17-5-1-2-6-18(17)24-19/h1-2,5-10,12,15H,3-4,11,13H2. The van der Waals surface area contributed by atoms with Gasteiger partial charge in [-0.2, -0.15) is 0 Å². The van der Waals surface area contributed by atoms with Gasteiger partial charge in [0.25, 0.3) is 0 Å². The molecule has 4 rings (SSSR count). The number of aldehydes is 1. The van der Waals surface area contributed by atoms with E-state index in [0.717, 1.165) is 42.1 Å². The minimum atomic E-state index is 0.344. The minimum Gasteiger partial charge on any atom is -0.491 e. The maximum Gasteiger partial charge on any atom is 0.186 e. The molecule has 5 heteroatoms. The topological polar surface area (TPSA) is 42.4 Å². The zero-order chi connectivity index (χ0) is 16.4. The first-order chi connectivity index (χ1) is 11.8. The van der Waals surface area contributed by atoms with E-state index in [2.05, 4.69) is 23.1 Å². The molecule has 1 aromatic heterocycles. The van der Waals surface area contributed by atoms with Gasteiger partial charge in [-0.3, -0.25) is 4.79 Å². The number of hydrogen-bond donors (Lipinski definition) is 0. The molecule has 24 heavy (non-hydrogen) atoms. The Morgan fingerprint density at radius 3 is 2.83 bits per heavy atom. The van der Waals surface area contributed by atoms with Crippen molar-refractivity contribution in [2.45, 2.75) is 18.9 Å². The summed E-state index contributed by atoms with van der Waals surface area (Å²) in [5.74, 6) is 0.803. The molecule has 1 atom stereocenters. The van der Waals surface area contributed by atoms with E-state index in [4.69, 9.17) is 9.72 Å². The van der Waals surface area contributed by atoms with Crippen molar-refractivity contribution in [2.75, 3.05) is 18.1 Å². The minimum absolute atomic E-state index is 0.344. The lowest BCUT2D eigenvalue weighted by Crippen LogP contribution is -2.34. The van der Waals surface area contributed by atoms with Gasteiger partial charge in [0, 0.05) is 12.1 Å². The van der Waals surface area contributed by atoms with Crippen molar-refractivity contribution in [3.8, 4) is 5.75 Å². The van der Waals surface area contributed by atoms with Crippen molar-refractivity contribution in [1.29, 1.82) is 0 Å². The van der Waals surface area contributed by atoms with Crippen LogP contribution in [0.5, 0.6) is 5.75 Å². The normalized spacial score (nSPS) is 17.3. The highest BCUT2D eigenvalue weighted by molar-refractivity contribution is 7.22. The molecule has 4 nitrogen and oxygen atoms in total. The lowest BCUT2D eigenvalue weighted by molar-refractivity contribution is 0.112. The van der Waals surface area contributed by atoms with Gasteiger partial charge in [0.15, 0.2) is 5.13 Å². The van der Waals surface area contributed by atoms with Crippen molar-refractivity contribution in [3.05, 3.63) is 54.1 Å². The molecule has 0 bridgehead atoms. The Kier molecular flexibility index (Phi) is 4.17. The van der Waals surface area contributed by atoms with E-state index < -0.39 is 0 Å². The van der Waals surface area contributed by atoms with Crippen LogP contribution in [-0.4, -0.2) is 30.5 Å². The summed E-state index contributed by atoms with van der Waals surface area (Å²) in [6, 6.07) is 15.9. The lowest BCUT2D eigenvalue weighted by Gasteiger charge is -2.24. The SMILES string of the molecule is O=Cc1ccc(OCC2CCCN2c2nc3ccccc3s2)cc1. The first-order valence-corrected chi connectivity index (χ1v) is 8.95. The van der Waals surface area contributed by atoms with Crippen molar-refractivity contribution in [2.24, 2.45) is 0 Å². The number of nitrogens with zero attached hydrogens (tertiary/aromatic N) is 2. The second-order valence-electron chi connectivity index (χ2n) is 5.95. The molecule has 0 N–H and O–H groups in total. The van der Waals surface area contributed by atoms with E-state index in [0.29, 0.717) is 18.2 Å². The van der Waals surface area contributed by atoms with Gasteiger partial charge < -0.3 is 9.64 Å². The molecule has 2 heterocycles. The molecule has 0 aliphatic carbocycles. The van der Waals surface area contributed by atoms with Crippen LogP contribution in [-0.2, 0) is 0 Å². The Balaban J connectivity index is 1.46. The number of thiazole rings is 1. The summed E-state index contributed by atoms with van der Waals surface area (Å²) in [4.78, 5) is 17.8. The van der Waals surface area contributed by atoms with Crippen LogP contribution in [0.3, 0.4) is 0 Å². The molecular weight excluding hydrogens is 320 g/mol. The Labute approximate surface area is 144 Å². The molecule has 0 amide bonds. The summed E-state index contributed by atoms with van der Waals surface area (Å²) in [7, 11) is 0. The van der Waals surface area contributed by atoms with Gasteiger partial charge in [0.2, 0.25) is 0 Å². The van der Waals surface area contributed by atoms with Crippen LogP contribution in [0.1, 0.15) is 23.2 Å². The average Bonchev–Trinajstić information content (AvgIpc) is 3.26. The smallest absolute Gasteiger partial charge is 0.186 e. The van der Waals surface area contributed by atoms with Crippen molar-refractivity contribution >= 4 is 33.0 Å². The number of carbonyl (C=O) groups is 1. The fourth-order valence-electron chi connectivity index (χ4n) is 3.08. The molecule has 0 radical (unpaired) electrons. The van der Waals surface area contributed by atoms with Gasteiger partial charge >= 0.3 is 0 Å². The fraction of sp³-hybridized carbons (Fsp3) is 0.263. The van der Waals surface area contributed by atoms with Crippen LogP contribution < -0.4 is 9.64 Å². The Morgan fingerprint density at radius 1 is 1.21 bits per heavy atom. The second-order valence-corrected chi connectivity index (χ2v) is 6.96. The van der Waals surface area contributed by atoms with Gasteiger partial charge in [-0.15, -0.1) is 0 Å². The fourth-order valence-corrected chi connectivity index (χ4v) is 4.14. The predicted octanol–water partition coefficient (Wildman–Crippen LogP) is 4.16. The van der Waals surface area contributed by atoms with Crippen molar-refractivity contribution in [1.82, 2.24) is 4.98 Å². The summed E-state index contributed by atoms with van der Waals surface area (Å²) in [6.45, 7) is 1.66. The molecule has 122 valence electrons. The highest BCUT2D eigenvalue weighted by Gasteiger charge is 2.27. The largest absolute Gasteiger partial charge is 0.491 e. The van der Waals surface area contributed by atoms with E-state index in [1.54, 1.807) is 23.5 Å². The zero-order valence-corrected chi connectivity index (χ0v) is 14.0. The predicted molar refractivity (Wildman–Crippen MR) is 97.3 cm³/mol. The van der Waals surface area contributed by atoms with Gasteiger partial charge in [0.1, 0.15) is 18.6 Å². The summed E-state index contributed by atoms with van der Waals surface area (Å²) in [6.07, 6.45) is 3.12. The molecule has 1 fully saturated rings. The monoisotopic (exact) mass is 338 g/mol. The molecule has 2 aromatic carbocycles. The number of carbonyl (C=O) groups excluding carboxylic acids is 1. The van der Waals surface area contributed by atoms with Gasteiger partial charge in [-0.05, 0) is 49.2 Å². The summed E-state index contributed by atoms with van der Waals surface area (Å²) >= 11 is 1.75. The summed E-state index contributed by atoms with van der Waals surface area (Å²) in [5, 5.41) is 1.08. The van der Waals surface area contributed by atoms with E-state index in [9.17, 15) is 4.79 Å². The molecule has 3 aromatic rings. The summed E-state index contributed by atoms with van der Waals surface area (Å²) in [5.41, 5.74) is 1.73. The zero-order valence-electron chi connectivity index (χ0n) is 13.2. The van der Waals surface area contributed by atoms with Crippen LogP contribution >= 0.6 is 11.3 Å². The molecule has 1 unspecified atom stereocenters. The lowest BCUT2D eigenvalue weighted by atomic mass is 10.2. The van der Waals surface area contributed by atoms with E-state index in [-0.39, 0.29) is 0 Å². The number of rotatable bonds is 5. The third-order valence-corrected chi connectivity index (χ3v) is 5.44. The third-order valence-electron chi connectivity index (χ3n) is 4.36. The maximum atomic E-state index is 10.7. The second kappa shape index (κ2) is 6.61. The van der Waals surface area contributed by atoms with Crippen LogP contribution in [0.4, 0.5) is 5.13 Å². The number of benzene rings is 2. The van der Waals surface area contributed by atoms with Gasteiger partial charge in [-0.25, -0.2) is 4.98 Å². The van der Waals surface area contributed by atoms with Crippen LogP contribution in [0.25, 0.3) is 10.2 Å². The molecule has 0 spiro atoms. The molecule has 0 saturated carbocycles. The van der Waals surface area contributed by atoms with E-state index in [1.165, 1.54) is 4.70 Å². The van der Waals surface area contributed by atoms with Gasteiger partial charge in [0.05, 0.1) is 16.3 Å². The molecular formula is C19H18N2O2S. The number of anilines is 1. The van der Waals surface area contributed by atoms with Crippen LogP contribution in [0.15, 0.2) is 48.5 Å². The average molecular weight is 338 g/mol. The number of para-hydroxylation sites is 1. The third kappa shape index (κ3) is 2.99. The van der Waals surface area contributed by atoms with Crippen LogP contribution in [0, 0.1) is 0 Å². The molecule has 1 aliphatic heterocycles. The number of ether oxygens (including phenoxy) is 1. The summed E-state index contributed by atoms with van der Waals surface area (Å²) < 4.78 is 7.16. The Hall–Kier alpha value is -2.40. The number of fused-ring (bicyclic) bond motifs is 1. The first-order valence-electron chi connectivity index (χ1n) is 8.14. The quantitative estimate of drug-likeness (QED) is 0.655. The van der Waals surface area contributed by atoms with E-state index >= 15 is 0 Å². The molecule has 1 aliphatic rings. The first kappa shape index (κ1) is 15.1. The Bertz CT molecular complexity index is 811. The van der Waals surface area contributed by atoms with Crippen molar-refractivity contribution in [3.63, 3.8) is 0 Å². The number of aromatic nitrogens is 1. The van der Waals surface area contributed by atoms with E-state index in [1.807, 2.05) is 18.2 Å². The van der Waals surface area contributed by atoms with Crippen LogP contribution in [0.2, 0.25) is 0 Å². The highest BCUT2D eigenvalue weighted by Crippen LogP contribution is 2.33. The van der Waals surface area contributed by atoms with Crippen molar-refractivity contribution < 1.29 is 9.53 Å². The Morgan fingerprint density at radius 2 is 2.04 bits per heavy atom. The van der Waals surface area contributed by atoms with Gasteiger partial charge in [-0.1, -0.05) is 23.5 Å². The number of hydrogen-bond acceptors (Lipinski definition) is 5. The highest BCUT2D eigenvalue weighted by atomic mass is 32.1.